The molecule has 3 rings (SSSR count). The average Bonchev–Trinajstić information content (AvgIpc) is 2.49. The minimum atomic E-state index is -0.0848. The van der Waals surface area contributed by atoms with E-state index in [0.29, 0.717) is 17.3 Å². The molecule has 0 saturated carbocycles. The van der Waals surface area contributed by atoms with Crippen LogP contribution in [-0.2, 0) is 11.2 Å². The summed E-state index contributed by atoms with van der Waals surface area (Å²) < 4.78 is 0. The molecule has 3 N–H and O–H groups in total. The van der Waals surface area contributed by atoms with Crippen LogP contribution in [0.5, 0.6) is 0 Å². The molecule has 102 valence electrons. The highest BCUT2D eigenvalue weighted by atomic mass is 16.2. The molecule has 0 saturated heterocycles. The van der Waals surface area contributed by atoms with E-state index in [4.69, 9.17) is 0 Å². The van der Waals surface area contributed by atoms with Crippen molar-refractivity contribution in [2.75, 3.05) is 29.0 Å². The van der Waals surface area contributed by atoms with Crippen LogP contribution in [0.2, 0.25) is 0 Å². The maximum Gasteiger partial charge on any atom is 0.243 e. The zero-order valence-electron chi connectivity index (χ0n) is 10.9. The summed E-state index contributed by atoms with van der Waals surface area (Å²) in [4.78, 5) is 19.7. The van der Waals surface area contributed by atoms with Crippen LogP contribution in [0.4, 0.5) is 17.3 Å². The standard InChI is InChI=1S/C14H15N5O/c20-11-8-16-14-12(19-11)13(17-9-18-14)15-7-6-10-4-2-1-3-5-10/h1-5,9H,6-8H2,(H,19,20)(H2,15,16,17,18). The quantitative estimate of drug-likeness (QED) is 0.784. The minimum Gasteiger partial charge on any atom is -0.368 e. The molecular formula is C14H15N5O. The SMILES string of the molecule is O=C1CNc2ncnc(NCCc3ccccc3)c2N1. The molecule has 1 aliphatic heterocycles. The predicted octanol–water partition coefficient (Wildman–Crippen LogP) is 1.50. The summed E-state index contributed by atoms with van der Waals surface area (Å²) in [6.07, 6.45) is 2.37. The van der Waals surface area contributed by atoms with Crippen molar-refractivity contribution in [3.63, 3.8) is 0 Å². The van der Waals surface area contributed by atoms with Gasteiger partial charge in [-0.25, -0.2) is 9.97 Å². The molecule has 2 aromatic rings. The van der Waals surface area contributed by atoms with E-state index in [1.165, 1.54) is 11.9 Å². The summed E-state index contributed by atoms with van der Waals surface area (Å²) in [7, 11) is 0. The molecule has 20 heavy (non-hydrogen) atoms. The Morgan fingerprint density at radius 2 is 2.05 bits per heavy atom. The Hall–Kier alpha value is -2.63. The van der Waals surface area contributed by atoms with Gasteiger partial charge in [0, 0.05) is 6.54 Å². The molecule has 0 fully saturated rings. The molecule has 6 heteroatoms. The Labute approximate surface area is 116 Å². The maximum atomic E-state index is 11.4. The summed E-state index contributed by atoms with van der Waals surface area (Å²) in [5.41, 5.74) is 1.88. The Bertz CT molecular complexity index is 614. The number of fused-ring (bicyclic) bond motifs is 1. The van der Waals surface area contributed by atoms with Gasteiger partial charge in [-0.3, -0.25) is 4.79 Å². The first-order chi connectivity index (χ1) is 9.83. The number of carbonyl (C=O) groups excluding carboxylic acids is 1. The lowest BCUT2D eigenvalue weighted by Crippen LogP contribution is -2.29. The zero-order valence-corrected chi connectivity index (χ0v) is 10.9. The number of nitrogens with zero attached hydrogens (tertiary/aromatic N) is 2. The average molecular weight is 269 g/mol. The molecule has 0 radical (unpaired) electrons. The number of benzene rings is 1. The summed E-state index contributed by atoms with van der Waals surface area (Å²) in [5.74, 6) is 1.21. The first kappa shape index (κ1) is 12.4. The van der Waals surface area contributed by atoms with Crippen LogP contribution in [0.25, 0.3) is 0 Å². The fraction of sp³-hybridized carbons (Fsp3) is 0.214. The lowest BCUT2D eigenvalue weighted by atomic mass is 10.1. The van der Waals surface area contributed by atoms with Crippen molar-refractivity contribution < 1.29 is 4.79 Å². The number of anilines is 3. The molecular weight excluding hydrogens is 254 g/mol. The summed E-state index contributed by atoms with van der Waals surface area (Å²) >= 11 is 0. The monoisotopic (exact) mass is 269 g/mol. The van der Waals surface area contributed by atoms with Crippen LogP contribution in [0, 0.1) is 0 Å². The summed E-state index contributed by atoms with van der Waals surface area (Å²) in [6, 6.07) is 10.2. The van der Waals surface area contributed by atoms with Gasteiger partial charge in [0.2, 0.25) is 5.91 Å². The van der Waals surface area contributed by atoms with Crippen LogP contribution >= 0.6 is 0 Å². The molecule has 1 aromatic carbocycles. The topological polar surface area (TPSA) is 78.9 Å². The Morgan fingerprint density at radius 3 is 2.90 bits per heavy atom. The molecule has 0 aliphatic carbocycles. The van der Waals surface area contributed by atoms with E-state index >= 15 is 0 Å². The summed E-state index contributed by atoms with van der Waals surface area (Å²) in [6.45, 7) is 0.983. The second-order valence-corrected chi connectivity index (χ2v) is 4.51. The van der Waals surface area contributed by atoms with E-state index in [1.807, 2.05) is 18.2 Å². The molecule has 0 bridgehead atoms. The Morgan fingerprint density at radius 1 is 1.20 bits per heavy atom. The van der Waals surface area contributed by atoms with Gasteiger partial charge in [-0.05, 0) is 12.0 Å². The van der Waals surface area contributed by atoms with Gasteiger partial charge in [0.05, 0.1) is 6.54 Å². The first-order valence-electron chi connectivity index (χ1n) is 6.49. The Balaban J connectivity index is 1.67. The smallest absolute Gasteiger partial charge is 0.243 e. The number of hydrogen-bond donors (Lipinski definition) is 3. The highest BCUT2D eigenvalue weighted by molar-refractivity contribution is 6.02. The van der Waals surface area contributed by atoms with E-state index in [1.54, 1.807) is 0 Å². The second kappa shape index (κ2) is 5.56. The number of nitrogens with one attached hydrogen (secondary N) is 3. The molecule has 1 amide bonds. The van der Waals surface area contributed by atoms with Gasteiger partial charge in [-0.1, -0.05) is 30.3 Å². The van der Waals surface area contributed by atoms with Crippen molar-refractivity contribution in [1.82, 2.24) is 9.97 Å². The van der Waals surface area contributed by atoms with Crippen LogP contribution < -0.4 is 16.0 Å². The molecule has 0 atom stereocenters. The normalized spacial score (nSPS) is 13.1. The molecule has 1 aliphatic rings. The van der Waals surface area contributed by atoms with E-state index in [0.717, 1.165) is 13.0 Å². The van der Waals surface area contributed by atoms with E-state index in [2.05, 4.69) is 38.1 Å². The van der Waals surface area contributed by atoms with Crippen LogP contribution in [0.3, 0.4) is 0 Å². The van der Waals surface area contributed by atoms with Gasteiger partial charge in [-0.2, -0.15) is 0 Å². The number of rotatable bonds is 4. The van der Waals surface area contributed by atoms with Gasteiger partial charge in [0.1, 0.15) is 12.0 Å². The third-order valence-corrected chi connectivity index (χ3v) is 3.08. The largest absolute Gasteiger partial charge is 0.368 e. The van der Waals surface area contributed by atoms with Crippen molar-refractivity contribution in [1.29, 1.82) is 0 Å². The third kappa shape index (κ3) is 2.69. The van der Waals surface area contributed by atoms with Crippen LogP contribution in [-0.4, -0.2) is 29.0 Å². The fourth-order valence-corrected chi connectivity index (χ4v) is 2.09. The lowest BCUT2D eigenvalue weighted by Gasteiger charge is -2.20. The number of carbonyl (C=O) groups is 1. The molecule has 2 heterocycles. The first-order valence-corrected chi connectivity index (χ1v) is 6.49. The predicted molar refractivity (Wildman–Crippen MR) is 77.8 cm³/mol. The van der Waals surface area contributed by atoms with Crippen molar-refractivity contribution >= 4 is 23.2 Å². The lowest BCUT2D eigenvalue weighted by molar-refractivity contribution is -0.114. The van der Waals surface area contributed by atoms with Crippen molar-refractivity contribution in [2.24, 2.45) is 0 Å². The highest BCUT2D eigenvalue weighted by Crippen LogP contribution is 2.28. The highest BCUT2D eigenvalue weighted by Gasteiger charge is 2.19. The molecule has 1 aromatic heterocycles. The molecule has 0 spiro atoms. The number of hydrogen-bond acceptors (Lipinski definition) is 5. The number of aromatic nitrogens is 2. The second-order valence-electron chi connectivity index (χ2n) is 4.51. The minimum absolute atomic E-state index is 0.0848. The van der Waals surface area contributed by atoms with Crippen molar-refractivity contribution in [3.8, 4) is 0 Å². The summed E-state index contributed by atoms with van der Waals surface area (Å²) in [5, 5.41) is 8.98. The van der Waals surface area contributed by atoms with Crippen molar-refractivity contribution in [2.45, 2.75) is 6.42 Å². The van der Waals surface area contributed by atoms with Gasteiger partial charge >= 0.3 is 0 Å². The van der Waals surface area contributed by atoms with Gasteiger partial charge in [-0.15, -0.1) is 0 Å². The van der Waals surface area contributed by atoms with E-state index in [9.17, 15) is 4.79 Å². The van der Waals surface area contributed by atoms with E-state index < -0.39 is 0 Å². The van der Waals surface area contributed by atoms with Crippen LogP contribution in [0.1, 0.15) is 5.56 Å². The molecule has 6 nitrogen and oxygen atoms in total. The maximum absolute atomic E-state index is 11.4. The third-order valence-electron chi connectivity index (χ3n) is 3.08. The van der Waals surface area contributed by atoms with Gasteiger partial charge < -0.3 is 16.0 Å². The number of amides is 1. The van der Waals surface area contributed by atoms with E-state index in [-0.39, 0.29) is 12.5 Å². The van der Waals surface area contributed by atoms with Crippen LogP contribution in [0.15, 0.2) is 36.7 Å². The van der Waals surface area contributed by atoms with Gasteiger partial charge in [0.15, 0.2) is 11.6 Å². The van der Waals surface area contributed by atoms with Crippen molar-refractivity contribution in [3.05, 3.63) is 42.2 Å². The molecule has 0 unspecified atom stereocenters. The van der Waals surface area contributed by atoms with Gasteiger partial charge in [0.25, 0.3) is 0 Å². The zero-order chi connectivity index (χ0) is 13.8. The Kier molecular flexibility index (Phi) is 3.45. The fourth-order valence-electron chi connectivity index (χ4n) is 2.09.